The molecule has 114 valence electrons. The van der Waals surface area contributed by atoms with Gasteiger partial charge < -0.3 is 15.2 Å². The van der Waals surface area contributed by atoms with Crippen molar-refractivity contribution in [2.24, 2.45) is 0 Å². The molecule has 0 aliphatic heterocycles. The van der Waals surface area contributed by atoms with Gasteiger partial charge in [0, 0.05) is 5.56 Å². The number of rotatable bonds is 3. The van der Waals surface area contributed by atoms with Crippen molar-refractivity contribution in [1.82, 2.24) is 9.97 Å². The van der Waals surface area contributed by atoms with Gasteiger partial charge in [0.1, 0.15) is 5.82 Å². The second-order valence-corrected chi connectivity index (χ2v) is 4.83. The molecule has 0 fully saturated rings. The minimum absolute atomic E-state index is 0.0876. The Bertz CT molecular complexity index is 933. The first kappa shape index (κ1) is 14.5. The fourth-order valence-electron chi connectivity index (χ4n) is 2.30. The summed E-state index contributed by atoms with van der Waals surface area (Å²) < 4.78 is 0. The first-order valence-corrected chi connectivity index (χ1v) is 6.79. The van der Waals surface area contributed by atoms with Crippen LogP contribution in [0.3, 0.4) is 0 Å². The molecular formula is C17H12N2O4. The van der Waals surface area contributed by atoms with E-state index in [9.17, 15) is 14.7 Å². The lowest BCUT2D eigenvalue weighted by Crippen LogP contribution is -2.15. The first-order valence-electron chi connectivity index (χ1n) is 6.79. The van der Waals surface area contributed by atoms with Crippen LogP contribution in [0.5, 0.6) is 5.75 Å². The summed E-state index contributed by atoms with van der Waals surface area (Å²) in [6.45, 7) is 0. The summed E-state index contributed by atoms with van der Waals surface area (Å²) in [5, 5.41) is 18.6. The van der Waals surface area contributed by atoms with Gasteiger partial charge in [0.05, 0.1) is 0 Å². The molecule has 0 saturated carbocycles. The number of carbonyl (C=O) groups is 1. The highest BCUT2D eigenvalue weighted by Crippen LogP contribution is 2.30. The van der Waals surface area contributed by atoms with Gasteiger partial charge in [0.25, 0.3) is 5.56 Å². The van der Waals surface area contributed by atoms with Gasteiger partial charge in [-0.05, 0) is 11.1 Å². The van der Waals surface area contributed by atoms with Gasteiger partial charge in [0.15, 0.2) is 5.69 Å². The van der Waals surface area contributed by atoms with E-state index in [1.165, 1.54) is 0 Å². The number of aromatic carboxylic acids is 1. The molecule has 0 bridgehead atoms. The number of nitrogens with one attached hydrogen (secondary N) is 1. The number of hydrogen-bond acceptors (Lipinski definition) is 4. The molecule has 6 heteroatoms. The zero-order chi connectivity index (χ0) is 16.4. The van der Waals surface area contributed by atoms with Gasteiger partial charge in [-0.15, -0.1) is 0 Å². The van der Waals surface area contributed by atoms with Crippen LogP contribution < -0.4 is 5.56 Å². The van der Waals surface area contributed by atoms with Crippen LogP contribution in [0, 0.1) is 0 Å². The lowest BCUT2D eigenvalue weighted by molar-refractivity contribution is 0.0686. The highest BCUT2D eigenvalue weighted by molar-refractivity contribution is 5.89. The van der Waals surface area contributed by atoms with Crippen LogP contribution in [-0.4, -0.2) is 26.2 Å². The molecule has 0 atom stereocenters. The molecule has 23 heavy (non-hydrogen) atoms. The van der Waals surface area contributed by atoms with Crippen LogP contribution in [0.2, 0.25) is 0 Å². The zero-order valence-corrected chi connectivity index (χ0v) is 11.9. The Kier molecular flexibility index (Phi) is 3.64. The van der Waals surface area contributed by atoms with Crippen molar-refractivity contribution in [3.8, 4) is 28.3 Å². The fraction of sp³-hybridized carbons (Fsp3) is 0. The van der Waals surface area contributed by atoms with E-state index in [0.717, 1.165) is 11.1 Å². The maximum Gasteiger partial charge on any atom is 0.358 e. The second kappa shape index (κ2) is 5.76. The third kappa shape index (κ3) is 2.69. The van der Waals surface area contributed by atoms with E-state index in [0.29, 0.717) is 5.56 Å². The number of carboxylic acid groups (broad SMARTS) is 1. The minimum Gasteiger partial charge on any atom is -0.501 e. The number of hydrogen-bond donors (Lipinski definition) is 3. The standard InChI is InChI=1S/C17H12N2O4/c20-14-13(17(22)23)18-15(19-16(14)21)12-9-5-4-8-11(12)10-6-2-1-3-7-10/h1-9,20H,(H,22,23)(H,18,19,21). The Balaban J connectivity index is 2.25. The Morgan fingerprint density at radius 1 is 0.957 bits per heavy atom. The lowest BCUT2D eigenvalue weighted by Gasteiger charge is -2.10. The number of aromatic hydroxyl groups is 1. The summed E-state index contributed by atoms with van der Waals surface area (Å²) in [5.41, 5.74) is 0.689. The molecule has 3 N–H and O–H groups in total. The Labute approximate surface area is 130 Å². The van der Waals surface area contributed by atoms with Gasteiger partial charge >= 0.3 is 5.97 Å². The van der Waals surface area contributed by atoms with Gasteiger partial charge in [-0.1, -0.05) is 54.6 Å². The number of benzene rings is 2. The van der Waals surface area contributed by atoms with E-state index in [1.54, 1.807) is 12.1 Å². The van der Waals surface area contributed by atoms with Crippen molar-refractivity contribution >= 4 is 5.97 Å². The topological polar surface area (TPSA) is 103 Å². The first-order chi connectivity index (χ1) is 11.1. The fourth-order valence-corrected chi connectivity index (χ4v) is 2.30. The van der Waals surface area contributed by atoms with Gasteiger partial charge in [-0.25, -0.2) is 9.78 Å². The normalized spacial score (nSPS) is 10.4. The molecule has 1 aromatic heterocycles. The van der Waals surface area contributed by atoms with E-state index in [2.05, 4.69) is 9.97 Å². The number of aromatic amines is 1. The van der Waals surface area contributed by atoms with E-state index in [1.807, 2.05) is 42.5 Å². The van der Waals surface area contributed by atoms with Gasteiger partial charge in [0.2, 0.25) is 5.75 Å². The molecule has 0 spiro atoms. The maximum atomic E-state index is 11.8. The summed E-state index contributed by atoms with van der Waals surface area (Å²) in [4.78, 5) is 29.2. The Morgan fingerprint density at radius 2 is 1.57 bits per heavy atom. The summed E-state index contributed by atoms with van der Waals surface area (Å²) in [6.07, 6.45) is 0. The monoisotopic (exact) mass is 308 g/mol. The van der Waals surface area contributed by atoms with Crippen molar-refractivity contribution in [3.63, 3.8) is 0 Å². The molecule has 6 nitrogen and oxygen atoms in total. The van der Waals surface area contributed by atoms with Crippen LogP contribution in [-0.2, 0) is 0 Å². The molecule has 3 rings (SSSR count). The SMILES string of the molecule is O=C(O)c1nc(-c2ccccc2-c2ccccc2)[nH]c(=O)c1O. The smallest absolute Gasteiger partial charge is 0.358 e. The average molecular weight is 308 g/mol. The van der Waals surface area contributed by atoms with Gasteiger partial charge in [-0.2, -0.15) is 0 Å². The van der Waals surface area contributed by atoms with Crippen LogP contribution in [0.25, 0.3) is 22.5 Å². The number of H-pyrrole nitrogens is 1. The predicted molar refractivity (Wildman–Crippen MR) is 84.4 cm³/mol. The van der Waals surface area contributed by atoms with E-state index < -0.39 is 23.0 Å². The van der Waals surface area contributed by atoms with Crippen molar-refractivity contribution < 1.29 is 15.0 Å². The van der Waals surface area contributed by atoms with Crippen molar-refractivity contribution in [2.75, 3.05) is 0 Å². The van der Waals surface area contributed by atoms with E-state index in [4.69, 9.17) is 5.11 Å². The molecule has 3 aromatic rings. The number of carboxylic acids is 1. The van der Waals surface area contributed by atoms with Crippen molar-refractivity contribution in [2.45, 2.75) is 0 Å². The third-order valence-corrected chi connectivity index (χ3v) is 3.36. The van der Waals surface area contributed by atoms with Crippen LogP contribution in [0.1, 0.15) is 10.5 Å². The summed E-state index contributed by atoms with van der Waals surface area (Å²) in [7, 11) is 0. The molecule has 0 amide bonds. The molecule has 0 unspecified atom stereocenters. The molecule has 0 radical (unpaired) electrons. The Hall–Kier alpha value is -3.41. The van der Waals surface area contributed by atoms with Crippen LogP contribution >= 0.6 is 0 Å². The Morgan fingerprint density at radius 3 is 2.22 bits per heavy atom. The average Bonchev–Trinajstić information content (AvgIpc) is 2.57. The highest BCUT2D eigenvalue weighted by atomic mass is 16.4. The minimum atomic E-state index is -1.47. The molecule has 0 aliphatic rings. The van der Waals surface area contributed by atoms with E-state index in [-0.39, 0.29) is 5.82 Å². The van der Waals surface area contributed by atoms with Crippen molar-refractivity contribution in [3.05, 3.63) is 70.6 Å². The second-order valence-electron chi connectivity index (χ2n) is 4.83. The lowest BCUT2D eigenvalue weighted by atomic mass is 9.99. The maximum absolute atomic E-state index is 11.8. The largest absolute Gasteiger partial charge is 0.501 e. The summed E-state index contributed by atoms with van der Waals surface area (Å²) in [6, 6.07) is 16.6. The van der Waals surface area contributed by atoms with Crippen LogP contribution in [0.4, 0.5) is 0 Å². The van der Waals surface area contributed by atoms with Crippen LogP contribution in [0.15, 0.2) is 59.4 Å². The number of nitrogens with zero attached hydrogens (tertiary/aromatic N) is 1. The molecule has 0 aliphatic carbocycles. The quantitative estimate of drug-likeness (QED) is 0.689. The molecule has 1 heterocycles. The molecule has 0 saturated heterocycles. The highest BCUT2D eigenvalue weighted by Gasteiger charge is 2.18. The zero-order valence-electron chi connectivity index (χ0n) is 11.9. The predicted octanol–water partition coefficient (Wildman–Crippen LogP) is 2.51. The third-order valence-electron chi connectivity index (χ3n) is 3.36. The molecular weight excluding hydrogens is 296 g/mol. The molecule has 2 aromatic carbocycles. The van der Waals surface area contributed by atoms with Gasteiger partial charge in [-0.3, -0.25) is 4.79 Å². The van der Waals surface area contributed by atoms with E-state index >= 15 is 0 Å². The van der Waals surface area contributed by atoms with Crippen molar-refractivity contribution in [1.29, 1.82) is 0 Å². The summed E-state index contributed by atoms with van der Waals surface area (Å²) in [5.74, 6) is -2.28. The summed E-state index contributed by atoms with van der Waals surface area (Å²) >= 11 is 0. The number of aromatic nitrogens is 2.